The molecule has 0 aromatic heterocycles. The van der Waals surface area contributed by atoms with Gasteiger partial charge in [-0.15, -0.1) is 0 Å². The van der Waals surface area contributed by atoms with E-state index in [0.717, 1.165) is 10.0 Å². The fourth-order valence-corrected chi connectivity index (χ4v) is 2.96. The van der Waals surface area contributed by atoms with Crippen LogP contribution in [0.25, 0.3) is 0 Å². The van der Waals surface area contributed by atoms with Gasteiger partial charge < -0.3 is 10.2 Å². The van der Waals surface area contributed by atoms with Crippen LogP contribution in [0, 0.1) is 11.7 Å². The summed E-state index contributed by atoms with van der Waals surface area (Å²) in [5.41, 5.74) is 1.64. The van der Waals surface area contributed by atoms with Gasteiger partial charge in [-0.3, -0.25) is 9.59 Å². The van der Waals surface area contributed by atoms with Gasteiger partial charge >= 0.3 is 0 Å². The van der Waals surface area contributed by atoms with Gasteiger partial charge in [0.25, 0.3) is 0 Å². The molecule has 1 atom stereocenters. The number of nitrogens with one attached hydrogen (secondary N) is 1. The molecular weight excluding hydrogens is 423 g/mol. The summed E-state index contributed by atoms with van der Waals surface area (Å²) in [7, 11) is 0. The molecule has 2 aromatic rings. The van der Waals surface area contributed by atoms with Gasteiger partial charge in [0.05, 0.1) is 6.42 Å². The van der Waals surface area contributed by atoms with Gasteiger partial charge in [-0.05, 0) is 48.2 Å². The lowest BCUT2D eigenvalue weighted by Gasteiger charge is -2.29. The molecule has 150 valence electrons. The Bertz CT molecular complexity index is 791. The van der Waals surface area contributed by atoms with E-state index in [9.17, 15) is 14.0 Å². The Hall–Kier alpha value is -2.21. The molecule has 2 aromatic carbocycles. The van der Waals surface area contributed by atoms with Crippen molar-refractivity contribution in [3.8, 4) is 0 Å². The minimum absolute atomic E-state index is 0.110. The number of halogens is 2. The molecule has 0 spiro atoms. The Morgan fingerprint density at radius 3 is 2.14 bits per heavy atom. The highest BCUT2D eigenvalue weighted by Crippen LogP contribution is 2.16. The average Bonchev–Trinajstić information content (AvgIpc) is 2.66. The molecule has 0 fully saturated rings. The van der Waals surface area contributed by atoms with E-state index in [1.165, 1.54) is 12.1 Å². The molecule has 0 aliphatic rings. The molecule has 0 aliphatic carbocycles. The van der Waals surface area contributed by atoms with E-state index in [2.05, 4.69) is 21.2 Å². The normalized spacial score (nSPS) is 11.9. The third-order valence-corrected chi connectivity index (χ3v) is 4.92. The zero-order chi connectivity index (χ0) is 20.7. The van der Waals surface area contributed by atoms with Crippen LogP contribution in [-0.4, -0.2) is 29.3 Å². The first kappa shape index (κ1) is 22.1. The second kappa shape index (κ2) is 10.4. The molecule has 2 amide bonds. The third-order valence-electron chi connectivity index (χ3n) is 4.39. The molecule has 4 nitrogen and oxygen atoms in total. The van der Waals surface area contributed by atoms with Gasteiger partial charge in [0.2, 0.25) is 11.8 Å². The Morgan fingerprint density at radius 1 is 1.00 bits per heavy atom. The van der Waals surface area contributed by atoms with Crippen molar-refractivity contribution in [2.45, 2.75) is 39.8 Å². The molecule has 0 saturated heterocycles. The summed E-state index contributed by atoms with van der Waals surface area (Å²) < 4.78 is 14.1. The standard InChI is InChI=1S/C22H26BrFN2O2/c1-15(2)13-25-22(28)16(3)26(14-18-4-8-19(23)9-5-18)21(27)12-17-6-10-20(24)11-7-17/h4-11,15-16H,12-14H2,1-3H3,(H,25,28). The van der Waals surface area contributed by atoms with Crippen LogP contribution in [0.5, 0.6) is 0 Å². The summed E-state index contributed by atoms with van der Waals surface area (Å²) in [6.45, 7) is 6.65. The smallest absolute Gasteiger partial charge is 0.242 e. The first-order valence-electron chi connectivity index (χ1n) is 9.32. The lowest BCUT2D eigenvalue weighted by molar-refractivity contribution is -0.140. The van der Waals surface area contributed by atoms with Crippen LogP contribution in [0.2, 0.25) is 0 Å². The van der Waals surface area contributed by atoms with Gasteiger partial charge in [-0.2, -0.15) is 0 Å². The van der Waals surface area contributed by atoms with Crippen LogP contribution in [0.3, 0.4) is 0 Å². The van der Waals surface area contributed by atoms with Crippen molar-refractivity contribution < 1.29 is 14.0 Å². The topological polar surface area (TPSA) is 49.4 Å². The van der Waals surface area contributed by atoms with Crippen molar-refractivity contribution in [1.29, 1.82) is 0 Å². The lowest BCUT2D eigenvalue weighted by atomic mass is 10.1. The van der Waals surface area contributed by atoms with Crippen LogP contribution in [0.4, 0.5) is 4.39 Å². The molecule has 0 aliphatic heterocycles. The van der Waals surface area contributed by atoms with Crippen LogP contribution in [-0.2, 0) is 22.6 Å². The predicted molar refractivity (Wildman–Crippen MR) is 112 cm³/mol. The Labute approximate surface area is 174 Å². The maximum atomic E-state index is 13.1. The van der Waals surface area contributed by atoms with Crippen molar-refractivity contribution >= 4 is 27.7 Å². The predicted octanol–water partition coefficient (Wildman–Crippen LogP) is 4.32. The van der Waals surface area contributed by atoms with Crippen molar-refractivity contribution in [1.82, 2.24) is 10.2 Å². The summed E-state index contributed by atoms with van der Waals surface area (Å²) >= 11 is 3.40. The van der Waals surface area contributed by atoms with E-state index < -0.39 is 6.04 Å². The van der Waals surface area contributed by atoms with E-state index >= 15 is 0 Å². The van der Waals surface area contributed by atoms with Gasteiger partial charge in [-0.1, -0.05) is 54.0 Å². The van der Waals surface area contributed by atoms with Crippen LogP contribution >= 0.6 is 15.9 Å². The number of benzene rings is 2. The minimum atomic E-state index is -0.615. The number of carbonyl (C=O) groups is 2. The maximum absolute atomic E-state index is 13.1. The van der Waals surface area contributed by atoms with E-state index in [4.69, 9.17) is 0 Å². The fraction of sp³-hybridized carbons (Fsp3) is 0.364. The Balaban J connectivity index is 2.18. The highest BCUT2D eigenvalue weighted by Gasteiger charge is 2.26. The molecule has 1 N–H and O–H groups in total. The lowest BCUT2D eigenvalue weighted by Crippen LogP contribution is -2.48. The number of hydrogen-bond acceptors (Lipinski definition) is 2. The fourth-order valence-electron chi connectivity index (χ4n) is 2.70. The highest BCUT2D eigenvalue weighted by atomic mass is 79.9. The summed E-state index contributed by atoms with van der Waals surface area (Å²) in [4.78, 5) is 27.1. The highest BCUT2D eigenvalue weighted by molar-refractivity contribution is 9.10. The Morgan fingerprint density at radius 2 is 1.57 bits per heavy atom. The van der Waals surface area contributed by atoms with E-state index in [-0.39, 0.29) is 24.1 Å². The zero-order valence-electron chi connectivity index (χ0n) is 16.4. The number of amides is 2. The second-order valence-corrected chi connectivity index (χ2v) is 8.18. The molecule has 0 heterocycles. The van der Waals surface area contributed by atoms with Gasteiger partial charge in [-0.25, -0.2) is 4.39 Å². The van der Waals surface area contributed by atoms with Gasteiger partial charge in [0.15, 0.2) is 0 Å². The van der Waals surface area contributed by atoms with Crippen molar-refractivity contribution in [2.24, 2.45) is 5.92 Å². The summed E-state index contributed by atoms with van der Waals surface area (Å²) in [6, 6.07) is 12.9. The quantitative estimate of drug-likeness (QED) is 0.653. The number of rotatable bonds is 8. The second-order valence-electron chi connectivity index (χ2n) is 7.27. The molecule has 1 unspecified atom stereocenters. The first-order valence-corrected chi connectivity index (χ1v) is 10.1. The average molecular weight is 449 g/mol. The number of nitrogens with zero attached hydrogens (tertiary/aromatic N) is 1. The summed E-state index contributed by atoms with van der Waals surface area (Å²) in [5, 5.41) is 2.89. The molecule has 0 bridgehead atoms. The minimum Gasteiger partial charge on any atom is -0.354 e. The molecule has 0 saturated carbocycles. The maximum Gasteiger partial charge on any atom is 0.242 e. The van der Waals surface area contributed by atoms with Crippen molar-refractivity contribution in [3.05, 3.63) is 69.9 Å². The van der Waals surface area contributed by atoms with Crippen molar-refractivity contribution in [3.63, 3.8) is 0 Å². The zero-order valence-corrected chi connectivity index (χ0v) is 18.0. The van der Waals surface area contributed by atoms with E-state index in [1.54, 1.807) is 24.0 Å². The molecule has 2 rings (SSSR count). The monoisotopic (exact) mass is 448 g/mol. The summed E-state index contributed by atoms with van der Waals surface area (Å²) in [6.07, 6.45) is 0.110. The van der Waals surface area contributed by atoms with Crippen LogP contribution < -0.4 is 5.32 Å². The van der Waals surface area contributed by atoms with Crippen LogP contribution in [0.1, 0.15) is 31.9 Å². The third kappa shape index (κ3) is 6.75. The van der Waals surface area contributed by atoms with E-state index in [1.807, 2.05) is 38.1 Å². The van der Waals surface area contributed by atoms with Crippen molar-refractivity contribution in [2.75, 3.05) is 6.54 Å². The van der Waals surface area contributed by atoms with Gasteiger partial charge in [0.1, 0.15) is 11.9 Å². The molecule has 28 heavy (non-hydrogen) atoms. The number of carbonyl (C=O) groups excluding carboxylic acids is 2. The summed E-state index contributed by atoms with van der Waals surface area (Å²) in [5.74, 6) is -0.379. The molecule has 0 radical (unpaired) electrons. The molecule has 6 heteroatoms. The first-order chi connectivity index (χ1) is 13.3. The Kier molecular flexibility index (Phi) is 8.18. The molecular formula is C22H26BrFN2O2. The van der Waals surface area contributed by atoms with E-state index in [0.29, 0.717) is 24.6 Å². The largest absolute Gasteiger partial charge is 0.354 e. The van der Waals surface area contributed by atoms with Crippen LogP contribution in [0.15, 0.2) is 53.0 Å². The van der Waals surface area contributed by atoms with Gasteiger partial charge in [0, 0.05) is 17.6 Å². The number of hydrogen-bond donors (Lipinski definition) is 1. The SMILES string of the molecule is CC(C)CNC(=O)C(C)N(Cc1ccc(Br)cc1)C(=O)Cc1ccc(F)cc1.